The van der Waals surface area contributed by atoms with Gasteiger partial charge in [0, 0.05) is 21.4 Å². The molecule has 3 aliphatic heterocycles. The average molecular weight is 636 g/mol. The van der Waals surface area contributed by atoms with Crippen molar-refractivity contribution < 1.29 is 23.9 Å². The number of anilines is 2. The molecular weight excluding hydrogens is 608 g/mol. The van der Waals surface area contributed by atoms with Gasteiger partial charge in [0.05, 0.1) is 31.7 Å². The third-order valence-corrected chi connectivity index (χ3v) is 9.41. The maximum Gasteiger partial charge on any atom is 0.238 e. The summed E-state index contributed by atoms with van der Waals surface area (Å²) in [6.45, 7) is 0. The van der Waals surface area contributed by atoms with Crippen LogP contribution in [-0.2, 0) is 10.2 Å². The Morgan fingerprint density at radius 1 is 0.884 bits per heavy atom. The largest absolute Gasteiger partial charge is 0.497 e. The van der Waals surface area contributed by atoms with Gasteiger partial charge in [-0.1, -0.05) is 76.6 Å². The predicted molar refractivity (Wildman–Crippen MR) is 168 cm³/mol. The molecule has 1 N–H and O–H groups in total. The molecule has 43 heavy (non-hydrogen) atoms. The zero-order valence-corrected chi connectivity index (χ0v) is 25.0. The summed E-state index contributed by atoms with van der Waals surface area (Å²) in [6, 6.07) is 25.6. The van der Waals surface area contributed by atoms with Gasteiger partial charge in [-0.05, 0) is 53.6 Å². The highest BCUT2D eigenvalue weighted by Crippen LogP contribution is 2.58. The van der Waals surface area contributed by atoms with Gasteiger partial charge < -0.3 is 19.7 Å². The number of para-hydroxylation sites is 2. The first-order valence-corrected chi connectivity index (χ1v) is 14.7. The number of ether oxygens (including phenoxy) is 2. The SMILES string of the molecule is COc1ccc(OC)c(C(=O)C2C3C=Cc4ccccc4N3C(C(=O)c3ccc(Br)cc3)C23C(=O)Nc2ccccc23)c1. The van der Waals surface area contributed by atoms with Crippen LogP contribution in [0.15, 0.2) is 102 Å². The van der Waals surface area contributed by atoms with E-state index >= 15 is 4.79 Å². The topological polar surface area (TPSA) is 84.9 Å². The van der Waals surface area contributed by atoms with E-state index in [1.165, 1.54) is 14.2 Å². The third kappa shape index (κ3) is 3.89. The minimum absolute atomic E-state index is 0.248. The summed E-state index contributed by atoms with van der Waals surface area (Å²) in [5.41, 5.74) is 2.08. The average Bonchev–Trinajstić information content (AvgIpc) is 3.52. The molecule has 4 atom stereocenters. The molecule has 4 unspecified atom stereocenters. The second-order valence-corrected chi connectivity index (χ2v) is 11.8. The lowest BCUT2D eigenvalue weighted by Gasteiger charge is -2.37. The zero-order valence-electron chi connectivity index (χ0n) is 23.4. The Labute approximate surface area is 257 Å². The van der Waals surface area contributed by atoms with Gasteiger partial charge in [0.1, 0.15) is 23.0 Å². The van der Waals surface area contributed by atoms with Gasteiger partial charge in [0.15, 0.2) is 11.6 Å². The highest BCUT2D eigenvalue weighted by Gasteiger charge is 2.71. The molecule has 214 valence electrons. The number of nitrogens with zero attached hydrogens (tertiary/aromatic N) is 1. The van der Waals surface area contributed by atoms with Crippen LogP contribution in [0.1, 0.15) is 31.8 Å². The molecule has 1 spiro atoms. The molecule has 1 saturated heterocycles. The summed E-state index contributed by atoms with van der Waals surface area (Å²) in [4.78, 5) is 46.5. The fraction of sp³-hybridized carbons (Fsp3) is 0.171. The van der Waals surface area contributed by atoms with Crippen molar-refractivity contribution in [1.29, 1.82) is 0 Å². The number of carbonyl (C=O) groups excluding carboxylic acids is 3. The number of halogens is 1. The van der Waals surface area contributed by atoms with Crippen molar-refractivity contribution in [3.63, 3.8) is 0 Å². The number of hydrogen-bond donors (Lipinski definition) is 1. The van der Waals surface area contributed by atoms with Crippen LogP contribution in [0.25, 0.3) is 6.08 Å². The number of ketones is 2. The standard InChI is InChI=1S/C35H27BrN2O5/c1-42-23-16-18-29(43-2)24(19-23)32(40)30-28-17-13-20-7-3-6-10-27(20)38(28)33(31(39)21-11-14-22(36)15-12-21)35(30)25-8-4-5-9-26(25)37-34(35)41/h3-19,28,30,33H,1-2H3,(H,37,41). The van der Waals surface area contributed by atoms with Crippen molar-refractivity contribution in [3.8, 4) is 11.5 Å². The van der Waals surface area contributed by atoms with Crippen molar-refractivity contribution in [2.75, 3.05) is 24.4 Å². The van der Waals surface area contributed by atoms with E-state index in [1.54, 1.807) is 30.3 Å². The number of benzene rings is 4. The summed E-state index contributed by atoms with van der Waals surface area (Å²) in [5.74, 6) is -1.08. The highest BCUT2D eigenvalue weighted by molar-refractivity contribution is 9.10. The van der Waals surface area contributed by atoms with Crippen LogP contribution in [0.3, 0.4) is 0 Å². The fourth-order valence-corrected chi connectivity index (χ4v) is 7.35. The van der Waals surface area contributed by atoms with Crippen LogP contribution in [0.4, 0.5) is 11.4 Å². The van der Waals surface area contributed by atoms with Crippen molar-refractivity contribution in [1.82, 2.24) is 0 Å². The molecule has 3 aliphatic rings. The van der Waals surface area contributed by atoms with Gasteiger partial charge in [0.25, 0.3) is 0 Å². The lowest BCUT2D eigenvalue weighted by atomic mass is 9.63. The smallest absolute Gasteiger partial charge is 0.238 e. The highest BCUT2D eigenvalue weighted by atomic mass is 79.9. The second kappa shape index (κ2) is 10.2. The number of rotatable bonds is 6. The monoisotopic (exact) mass is 634 g/mol. The number of carbonyl (C=O) groups is 3. The van der Waals surface area contributed by atoms with E-state index in [-0.39, 0.29) is 23.0 Å². The molecule has 7 nitrogen and oxygen atoms in total. The van der Waals surface area contributed by atoms with Crippen molar-refractivity contribution in [2.24, 2.45) is 5.92 Å². The van der Waals surface area contributed by atoms with Crippen molar-refractivity contribution in [2.45, 2.75) is 17.5 Å². The van der Waals surface area contributed by atoms with E-state index in [1.807, 2.05) is 77.7 Å². The van der Waals surface area contributed by atoms with Gasteiger partial charge in [-0.25, -0.2) is 0 Å². The molecule has 1 amide bonds. The number of hydrogen-bond acceptors (Lipinski definition) is 6. The van der Waals surface area contributed by atoms with Crippen molar-refractivity contribution in [3.05, 3.63) is 124 Å². The summed E-state index contributed by atoms with van der Waals surface area (Å²) >= 11 is 3.46. The van der Waals surface area contributed by atoms with Gasteiger partial charge in [-0.3, -0.25) is 14.4 Å². The Bertz CT molecular complexity index is 1830. The molecule has 0 saturated carbocycles. The number of fused-ring (bicyclic) bond motifs is 5. The Hall–Kier alpha value is -4.69. The van der Waals surface area contributed by atoms with Gasteiger partial charge >= 0.3 is 0 Å². The summed E-state index contributed by atoms with van der Waals surface area (Å²) in [7, 11) is 3.03. The summed E-state index contributed by atoms with van der Waals surface area (Å²) < 4.78 is 11.9. The molecule has 4 aromatic rings. The molecule has 0 aromatic heterocycles. The molecule has 8 heteroatoms. The lowest BCUT2D eigenvalue weighted by Crippen LogP contribution is -2.55. The molecule has 0 bridgehead atoms. The van der Waals surface area contributed by atoms with E-state index in [4.69, 9.17) is 9.47 Å². The number of amides is 1. The molecule has 3 heterocycles. The number of Topliss-reactive ketones (excluding diaryl/α,β-unsaturated/α-hetero) is 2. The molecule has 0 radical (unpaired) electrons. The van der Waals surface area contributed by atoms with E-state index < -0.39 is 23.4 Å². The first-order valence-electron chi connectivity index (χ1n) is 13.9. The molecule has 4 aromatic carbocycles. The minimum Gasteiger partial charge on any atom is -0.497 e. The van der Waals surface area contributed by atoms with Crippen LogP contribution in [0, 0.1) is 5.92 Å². The summed E-state index contributed by atoms with van der Waals surface area (Å²) in [5, 5.41) is 3.04. The second-order valence-electron chi connectivity index (χ2n) is 10.9. The third-order valence-electron chi connectivity index (χ3n) is 8.88. The maximum absolute atomic E-state index is 15.0. The van der Waals surface area contributed by atoms with E-state index in [2.05, 4.69) is 21.2 Å². The normalized spacial score (nSPS) is 22.9. The number of methoxy groups -OCH3 is 2. The first-order chi connectivity index (χ1) is 20.9. The van der Waals surface area contributed by atoms with Crippen LogP contribution < -0.4 is 19.7 Å². The number of nitrogens with one attached hydrogen (secondary N) is 1. The summed E-state index contributed by atoms with van der Waals surface area (Å²) in [6.07, 6.45) is 3.92. The Kier molecular flexibility index (Phi) is 6.47. The van der Waals surface area contributed by atoms with Crippen LogP contribution in [-0.4, -0.2) is 43.8 Å². The minimum atomic E-state index is -1.56. The molecule has 0 aliphatic carbocycles. The van der Waals surface area contributed by atoms with Crippen molar-refractivity contribution >= 4 is 50.9 Å². The van der Waals surface area contributed by atoms with Crippen LogP contribution >= 0.6 is 15.9 Å². The Morgan fingerprint density at radius 2 is 1.63 bits per heavy atom. The quantitative estimate of drug-likeness (QED) is 0.250. The zero-order chi connectivity index (χ0) is 29.9. The lowest BCUT2D eigenvalue weighted by molar-refractivity contribution is -0.121. The van der Waals surface area contributed by atoms with Crippen LogP contribution in [0.2, 0.25) is 0 Å². The predicted octanol–water partition coefficient (Wildman–Crippen LogP) is 6.32. The Morgan fingerprint density at radius 3 is 2.40 bits per heavy atom. The molecule has 7 rings (SSSR count). The van der Waals surface area contributed by atoms with E-state index in [9.17, 15) is 9.59 Å². The van der Waals surface area contributed by atoms with Gasteiger partial charge in [-0.2, -0.15) is 0 Å². The maximum atomic E-state index is 15.0. The Balaban J connectivity index is 1.54. The molecule has 1 fully saturated rings. The van der Waals surface area contributed by atoms with Crippen LogP contribution in [0.5, 0.6) is 11.5 Å². The van der Waals surface area contributed by atoms with Gasteiger partial charge in [0.2, 0.25) is 5.91 Å². The van der Waals surface area contributed by atoms with Gasteiger partial charge in [-0.15, -0.1) is 0 Å². The first kappa shape index (κ1) is 27.2. The van der Waals surface area contributed by atoms with E-state index in [0.29, 0.717) is 28.3 Å². The molecular formula is C35H27BrN2O5. The van der Waals surface area contributed by atoms with E-state index in [0.717, 1.165) is 15.7 Å². The fourth-order valence-electron chi connectivity index (χ4n) is 7.08.